The lowest BCUT2D eigenvalue weighted by atomic mass is 9.85. The molecule has 6 heteroatoms. The normalized spacial score (nSPS) is 12.5. The third-order valence-electron chi connectivity index (χ3n) is 2.95. The van der Waals surface area contributed by atoms with Crippen molar-refractivity contribution in [2.24, 2.45) is 11.3 Å². The molecule has 1 rings (SSSR count). The van der Waals surface area contributed by atoms with Gasteiger partial charge in [0.1, 0.15) is 10.1 Å². The second kappa shape index (κ2) is 5.69. The van der Waals surface area contributed by atoms with Crippen LogP contribution in [0.5, 0.6) is 0 Å². The molecule has 0 aliphatic heterocycles. The molecule has 0 aliphatic carbocycles. The Hall–Kier alpha value is -1.53. The summed E-state index contributed by atoms with van der Waals surface area (Å²) in [6.45, 7) is 8.35. The van der Waals surface area contributed by atoms with Gasteiger partial charge >= 0.3 is 0 Å². The molecule has 0 aromatic heterocycles. The van der Waals surface area contributed by atoms with Crippen LogP contribution < -0.4 is 0 Å². The number of hydrogen-bond donors (Lipinski definition) is 0. The molecule has 0 spiro atoms. The van der Waals surface area contributed by atoms with E-state index < -0.39 is 20.4 Å². The summed E-state index contributed by atoms with van der Waals surface area (Å²) in [6.07, 6.45) is 0. The van der Waals surface area contributed by atoms with Crippen LogP contribution in [0.15, 0.2) is 23.1 Å². The highest BCUT2D eigenvalue weighted by Gasteiger charge is 2.25. The summed E-state index contributed by atoms with van der Waals surface area (Å²) in [7, 11) is -4.74. The van der Waals surface area contributed by atoms with Crippen molar-refractivity contribution >= 4 is 21.7 Å². The molecule has 0 heterocycles. The fraction of sp³-hybridized carbons (Fsp3) is 0.467. The summed E-state index contributed by atoms with van der Waals surface area (Å²) in [4.78, 5) is 23.8. The van der Waals surface area contributed by atoms with Crippen molar-refractivity contribution in [2.75, 3.05) is 0 Å². The Labute approximate surface area is 125 Å². The van der Waals surface area contributed by atoms with Crippen molar-refractivity contribution in [2.45, 2.75) is 39.5 Å². The Morgan fingerprint density at radius 2 is 1.52 bits per heavy atom. The van der Waals surface area contributed by atoms with Crippen molar-refractivity contribution in [1.29, 1.82) is 0 Å². The van der Waals surface area contributed by atoms with Gasteiger partial charge in [0, 0.05) is 22.5 Å². The molecule has 0 amide bonds. The van der Waals surface area contributed by atoms with E-state index in [-0.39, 0.29) is 28.6 Å². The van der Waals surface area contributed by atoms with Crippen molar-refractivity contribution in [3.05, 3.63) is 29.3 Å². The van der Waals surface area contributed by atoms with Gasteiger partial charge < -0.3 is 4.55 Å². The lowest BCUT2D eigenvalue weighted by Gasteiger charge is -2.19. The fourth-order valence-corrected chi connectivity index (χ4v) is 2.33. The lowest BCUT2D eigenvalue weighted by Crippen LogP contribution is -2.21. The topological polar surface area (TPSA) is 91.3 Å². The van der Waals surface area contributed by atoms with Crippen molar-refractivity contribution in [3.63, 3.8) is 0 Å². The van der Waals surface area contributed by atoms with E-state index in [9.17, 15) is 22.6 Å². The van der Waals surface area contributed by atoms with Crippen molar-refractivity contribution < 1.29 is 22.6 Å². The van der Waals surface area contributed by atoms with Crippen LogP contribution in [0.25, 0.3) is 0 Å². The SMILES string of the molecule is CC(C)C(=O)c1cc(C(=O)C(C)(C)C)cc(S(=O)(=O)[O-])c1. The summed E-state index contributed by atoms with van der Waals surface area (Å²) < 4.78 is 33.7. The minimum absolute atomic E-state index is 0.0587. The van der Waals surface area contributed by atoms with E-state index >= 15 is 0 Å². The maximum Gasteiger partial charge on any atom is 0.168 e. The third-order valence-corrected chi connectivity index (χ3v) is 3.76. The number of benzene rings is 1. The predicted octanol–water partition coefficient (Wildman–Crippen LogP) is 2.66. The molecule has 0 atom stereocenters. The van der Waals surface area contributed by atoms with Gasteiger partial charge in [-0.05, 0) is 18.2 Å². The Bertz CT molecular complexity index is 679. The molecule has 0 saturated carbocycles. The predicted molar refractivity (Wildman–Crippen MR) is 77.4 cm³/mol. The summed E-state index contributed by atoms with van der Waals surface area (Å²) in [5.74, 6) is -1.01. The van der Waals surface area contributed by atoms with Gasteiger partial charge in [0.2, 0.25) is 0 Å². The zero-order valence-corrected chi connectivity index (χ0v) is 13.6. The highest BCUT2D eigenvalue weighted by atomic mass is 32.2. The van der Waals surface area contributed by atoms with Crippen molar-refractivity contribution in [1.82, 2.24) is 0 Å². The van der Waals surface area contributed by atoms with E-state index in [2.05, 4.69) is 0 Å². The van der Waals surface area contributed by atoms with Crippen LogP contribution in [0.4, 0.5) is 0 Å². The maximum absolute atomic E-state index is 12.3. The first-order chi connectivity index (χ1) is 9.34. The Morgan fingerprint density at radius 3 is 1.90 bits per heavy atom. The molecule has 116 valence electrons. The largest absolute Gasteiger partial charge is 0.744 e. The van der Waals surface area contributed by atoms with Gasteiger partial charge in [0.05, 0.1) is 4.90 Å². The van der Waals surface area contributed by atoms with Crippen LogP contribution in [0.2, 0.25) is 0 Å². The number of carbonyl (C=O) groups excluding carboxylic acids is 2. The van der Waals surface area contributed by atoms with Gasteiger partial charge in [-0.1, -0.05) is 34.6 Å². The van der Waals surface area contributed by atoms with E-state index in [0.717, 1.165) is 12.1 Å². The van der Waals surface area contributed by atoms with Crippen LogP contribution in [-0.4, -0.2) is 24.5 Å². The monoisotopic (exact) mass is 311 g/mol. The number of rotatable bonds is 4. The lowest BCUT2D eigenvalue weighted by molar-refractivity contribution is 0.0858. The van der Waals surface area contributed by atoms with Crippen LogP contribution in [0, 0.1) is 11.3 Å². The number of Topliss-reactive ketones (excluding diaryl/α,β-unsaturated/α-hetero) is 2. The van der Waals surface area contributed by atoms with E-state index in [1.807, 2.05) is 0 Å². The quantitative estimate of drug-likeness (QED) is 0.629. The molecule has 0 bridgehead atoms. The van der Waals surface area contributed by atoms with Gasteiger partial charge in [-0.2, -0.15) is 0 Å². The second-order valence-corrected chi connectivity index (χ2v) is 7.68. The molecule has 21 heavy (non-hydrogen) atoms. The van der Waals surface area contributed by atoms with Crippen molar-refractivity contribution in [3.8, 4) is 0 Å². The summed E-state index contributed by atoms with van der Waals surface area (Å²) >= 11 is 0. The molecule has 0 unspecified atom stereocenters. The first-order valence-corrected chi connectivity index (χ1v) is 7.95. The van der Waals surface area contributed by atoms with E-state index in [1.54, 1.807) is 34.6 Å². The minimum atomic E-state index is -4.74. The molecule has 1 aromatic carbocycles. The van der Waals surface area contributed by atoms with Gasteiger partial charge in [-0.15, -0.1) is 0 Å². The summed E-state index contributed by atoms with van der Waals surface area (Å²) in [5.41, 5.74) is -0.624. The molecule has 5 nitrogen and oxygen atoms in total. The van der Waals surface area contributed by atoms with E-state index in [4.69, 9.17) is 0 Å². The number of ketones is 2. The Kier molecular flexibility index (Phi) is 4.75. The first-order valence-electron chi connectivity index (χ1n) is 6.54. The second-order valence-electron chi connectivity index (χ2n) is 6.30. The zero-order chi connectivity index (χ0) is 16.6. The fourth-order valence-electron chi connectivity index (χ4n) is 1.78. The molecule has 0 fully saturated rings. The third kappa shape index (κ3) is 4.22. The smallest absolute Gasteiger partial charge is 0.168 e. The van der Waals surface area contributed by atoms with Gasteiger partial charge in [0.25, 0.3) is 0 Å². The highest BCUT2D eigenvalue weighted by Crippen LogP contribution is 2.25. The highest BCUT2D eigenvalue weighted by molar-refractivity contribution is 7.85. The first kappa shape index (κ1) is 17.5. The summed E-state index contributed by atoms with van der Waals surface area (Å²) in [5, 5.41) is 0. The molecule has 0 aliphatic rings. The molecule has 0 N–H and O–H groups in total. The number of carbonyl (C=O) groups is 2. The Morgan fingerprint density at radius 1 is 1.05 bits per heavy atom. The molecule has 0 saturated heterocycles. The van der Waals surface area contributed by atoms with E-state index in [1.165, 1.54) is 6.07 Å². The van der Waals surface area contributed by atoms with Gasteiger partial charge in [0.15, 0.2) is 11.6 Å². The minimum Gasteiger partial charge on any atom is -0.744 e. The van der Waals surface area contributed by atoms with Gasteiger partial charge in [-0.25, -0.2) is 8.42 Å². The summed E-state index contributed by atoms with van der Waals surface area (Å²) in [6, 6.07) is 3.42. The van der Waals surface area contributed by atoms with Crippen LogP contribution in [-0.2, 0) is 10.1 Å². The average molecular weight is 311 g/mol. The number of hydrogen-bond acceptors (Lipinski definition) is 5. The standard InChI is InChI=1S/C15H20O5S/c1-9(2)13(16)10-6-11(14(17)15(3,4)5)8-12(7-10)21(18,19)20/h6-9H,1-5H3,(H,18,19,20)/p-1. The van der Waals surface area contributed by atoms with Gasteiger partial charge in [-0.3, -0.25) is 9.59 Å². The molecule has 1 aromatic rings. The molecule has 0 radical (unpaired) electrons. The zero-order valence-electron chi connectivity index (χ0n) is 12.8. The molecular formula is C15H19O5S-. The van der Waals surface area contributed by atoms with Crippen LogP contribution in [0.3, 0.4) is 0 Å². The maximum atomic E-state index is 12.3. The van der Waals surface area contributed by atoms with Crippen LogP contribution >= 0.6 is 0 Å². The van der Waals surface area contributed by atoms with Crippen LogP contribution in [0.1, 0.15) is 55.3 Å². The average Bonchev–Trinajstić information content (AvgIpc) is 2.34. The molecular weight excluding hydrogens is 292 g/mol. The van der Waals surface area contributed by atoms with E-state index in [0.29, 0.717) is 0 Å². The Balaban J connectivity index is 3.57.